The molecule has 1 aliphatic rings. The van der Waals surface area contributed by atoms with E-state index in [1.165, 1.54) is 0 Å². The average Bonchev–Trinajstić information content (AvgIpc) is 2.65. The normalized spacial score (nSPS) is 16.5. The SMILES string of the molecule is CCNc1ccc2c(c1)C(O)c1ccccc1-2. The molecular formula is C15H15NO. The third kappa shape index (κ3) is 1.53. The van der Waals surface area contributed by atoms with Gasteiger partial charge in [-0.05, 0) is 41.3 Å². The summed E-state index contributed by atoms with van der Waals surface area (Å²) in [5.74, 6) is 0. The number of anilines is 1. The first-order valence-electron chi connectivity index (χ1n) is 5.96. The Bertz CT molecular complexity index is 563. The van der Waals surface area contributed by atoms with Crippen LogP contribution in [-0.2, 0) is 0 Å². The molecule has 1 aliphatic carbocycles. The quantitative estimate of drug-likeness (QED) is 0.822. The molecule has 0 amide bonds. The summed E-state index contributed by atoms with van der Waals surface area (Å²) in [6, 6.07) is 14.2. The van der Waals surface area contributed by atoms with Gasteiger partial charge in [0.25, 0.3) is 0 Å². The Morgan fingerprint density at radius 1 is 1.06 bits per heavy atom. The second-order valence-corrected chi connectivity index (χ2v) is 4.32. The van der Waals surface area contributed by atoms with Crippen molar-refractivity contribution in [2.45, 2.75) is 13.0 Å². The van der Waals surface area contributed by atoms with Crippen LogP contribution >= 0.6 is 0 Å². The molecule has 0 saturated heterocycles. The molecule has 0 bridgehead atoms. The monoisotopic (exact) mass is 225 g/mol. The first kappa shape index (κ1) is 10.4. The minimum Gasteiger partial charge on any atom is -0.385 e. The smallest absolute Gasteiger partial charge is 0.105 e. The van der Waals surface area contributed by atoms with E-state index >= 15 is 0 Å². The maximum Gasteiger partial charge on any atom is 0.105 e. The molecule has 0 fully saturated rings. The van der Waals surface area contributed by atoms with Crippen LogP contribution in [0.5, 0.6) is 0 Å². The standard InChI is InChI=1S/C15H15NO/c1-2-16-10-7-8-12-11-5-3-4-6-13(11)15(17)14(12)9-10/h3-9,15-17H,2H2,1H3. The van der Waals surface area contributed by atoms with Crippen molar-refractivity contribution in [3.05, 3.63) is 53.6 Å². The maximum atomic E-state index is 10.3. The van der Waals surface area contributed by atoms with E-state index in [4.69, 9.17) is 0 Å². The van der Waals surface area contributed by atoms with Gasteiger partial charge in [-0.3, -0.25) is 0 Å². The lowest BCUT2D eigenvalue weighted by atomic mass is 10.1. The summed E-state index contributed by atoms with van der Waals surface area (Å²) >= 11 is 0. The van der Waals surface area contributed by atoms with Crippen LogP contribution < -0.4 is 5.32 Å². The molecule has 2 aromatic rings. The van der Waals surface area contributed by atoms with Crippen molar-refractivity contribution < 1.29 is 5.11 Å². The van der Waals surface area contributed by atoms with Crippen molar-refractivity contribution in [3.8, 4) is 11.1 Å². The summed E-state index contributed by atoms with van der Waals surface area (Å²) < 4.78 is 0. The Morgan fingerprint density at radius 3 is 2.65 bits per heavy atom. The van der Waals surface area contributed by atoms with E-state index in [9.17, 15) is 5.11 Å². The Labute approximate surface area is 101 Å². The topological polar surface area (TPSA) is 32.3 Å². The lowest BCUT2D eigenvalue weighted by Gasteiger charge is -2.08. The molecule has 3 rings (SSSR count). The molecule has 0 heterocycles. The molecule has 17 heavy (non-hydrogen) atoms. The predicted octanol–water partition coefficient (Wildman–Crippen LogP) is 3.18. The highest BCUT2D eigenvalue weighted by Crippen LogP contribution is 2.43. The Morgan fingerprint density at radius 2 is 1.82 bits per heavy atom. The van der Waals surface area contributed by atoms with Crippen molar-refractivity contribution in [3.63, 3.8) is 0 Å². The Balaban J connectivity index is 2.14. The van der Waals surface area contributed by atoms with Gasteiger partial charge in [-0.25, -0.2) is 0 Å². The second kappa shape index (κ2) is 3.90. The summed E-state index contributed by atoms with van der Waals surface area (Å²) in [6.07, 6.45) is -0.486. The zero-order valence-electron chi connectivity index (χ0n) is 9.77. The van der Waals surface area contributed by atoms with E-state index in [0.29, 0.717) is 0 Å². The van der Waals surface area contributed by atoms with Gasteiger partial charge in [0.15, 0.2) is 0 Å². The third-order valence-corrected chi connectivity index (χ3v) is 3.27. The molecular weight excluding hydrogens is 210 g/mol. The fourth-order valence-electron chi connectivity index (χ4n) is 2.50. The highest BCUT2D eigenvalue weighted by molar-refractivity contribution is 5.79. The van der Waals surface area contributed by atoms with Gasteiger partial charge >= 0.3 is 0 Å². The lowest BCUT2D eigenvalue weighted by molar-refractivity contribution is 0.225. The van der Waals surface area contributed by atoms with Crippen molar-refractivity contribution in [2.24, 2.45) is 0 Å². The number of hydrogen-bond acceptors (Lipinski definition) is 2. The van der Waals surface area contributed by atoms with Crippen LogP contribution in [0.1, 0.15) is 24.2 Å². The zero-order chi connectivity index (χ0) is 11.8. The van der Waals surface area contributed by atoms with Gasteiger partial charge in [0.2, 0.25) is 0 Å². The maximum absolute atomic E-state index is 10.3. The van der Waals surface area contributed by atoms with Gasteiger partial charge in [0, 0.05) is 12.2 Å². The summed E-state index contributed by atoms with van der Waals surface area (Å²) in [7, 11) is 0. The first-order chi connectivity index (χ1) is 8.31. The van der Waals surface area contributed by atoms with Gasteiger partial charge in [-0.15, -0.1) is 0 Å². The van der Waals surface area contributed by atoms with Crippen LogP contribution in [0.3, 0.4) is 0 Å². The van der Waals surface area contributed by atoms with Gasteiger partial charge in [0.05, 0.1) is 0 Å². The fraction of sp³-hybridized carbons (Fsp3) is 0.200. The largest absolute Gasteiger partial charge is 0.385 e. The minimum absolute atomic E-state index is 0.486. The van der Waals surface area contributed by atoms with Crippen molar-refractivity contribution in [1.29, 1.82) is 0 Å². The molecule has 1 unspecified atom stereocenters. The molecule has 86 valence electrons. The van der Waals surface area contributed by atoms with Crippen LogP contribution in [0, 0.1) is 0 Å². The first-order valence-corrected chi connectivity index (χ1v) is 5.96. The zero-order valence-corrected chi connectivity index (χ0v) is 9.77. The summed E-state index contributed by atoms with van der Waals surface area (Å²) in [6.45, 7) is 2.96. The van der Waals surface area contributed by atoms with Crippen molar-refractivity contribution >= 4 is 5.69 Å². The van der Waals surface area contributed by atoms with Gasteiger partial charge in [-0.2, -0.15) is 0 Å². The number of fused-ring (bicyclic) bond motifs is 3. The number of benzene rings is 2. The second-order valence-electron chi connectivity index (χ2n) is 4.32. The molecule has 2 aromatic carbocycles. The van der Waals surface area contributed by atoms with Gasteiger partial charge in [0.1, 0.15) is 6.10 Å². The molecule has 2 N–H and O–H groups in total. The Kier molecular flexibility index (Phi) is 2.37. The molecule has 0 aliphatic heterocycles. The van der Waals surface area contributed by atoms with Crippen LogP contribution in [0.2, 0.25) is 0 Å². The van der Waals surface area contributed by atoms with Crippen molar-refractivity contribution in [1.82, 2.24) is 0 Å². The molecule has 0 aromatic heterocycles. The van der Waals surface area contributed by atoms with Gasteiger partial charge in [-0.1, -0.05) is 30.3 Å². The van der Waals surface area contributed by atoms with Crippen LogP contribution in [0.4, 0.5) is 5.69 Å². The van der Waals surface area contributed by atoms with Crippen LogP contribution in [-0.4, -0.2) is 11.7 Å². The van der Waals surface area contributed by atoms with E-state index in [0.717, 1.165) is 34.5 Å². The van der Waals surface area contributed by atoms with E-state index in [1.807, 2.05) is 24.3 Å². The molecule has 0 saturated carbocycles. The summed E-state index contributed by atoms with van der Waals surface area (Å²) in [5, 5.41) is 13.6. The number of aliphatic hydroxyl groups excluding tert-OH is 1. The molecule has 2 heteroatoms. The minimum atomic E-state index is -0.486. The molecule has 0 radical (unpaired) electrons. The molecule has 0 spiro atoms. The number of rotatable bonds is 2. The summed E-state index contributed by atoms with van der Waals surface area (Å²) in [5.41, 5.74) is 5.38. The molecule has 2 nitrogen and oxygen atoms in total. The predicted molar refractivity (Wildman–Crippen MR) is 70.1 cm³/mol. The van der Waals surface area contributed by atoms with Gasteiger partial charge < -0.3 is 10.4 Å². The number of nitrogens with one attached hydrogen (secondary N) is 1. The lowest BCUT2D eigenvalue weighted by Crippen LogP contribution is -1.98. The van der Waals surface area contributed by atoms with Crippen molar-refractivity contribution in [2.75, 3.05) is 11.9 Å². The van der Waals surface area contributed by atoms with E-state index < -0.39 is 6.10 Å². The van der Waals surface area contributed by atoms with E-state index in [1.54, 1.807) is 0 Å². The van der Waals surface area contributed by atoms with Crippen LogP contribution in [0.25, 0.3) is 11.1 Å². The third-order valence-electron chi connectivity index (χ3n) is 3.27. The number of aliphatic hydroxyl groups is 1. The highest BCUT2D eigenvalue weighted by Gasteiger charge is 2.26. The Hall–Kier alpha value is -1.80. The molecule has 1 atom stereocenters. The fourth-order valence-corrected chi connectivity index (χ4v) is 2.50. The summed E-state index contributed by atoms with van der Waals surface area (Å²) in [4.78, 5) is 0. The highest BCUT2D eigenvalue weighted by atomic mass is 16.3. The average molecular weight is 225 g/mol. The number of hydrogen-bond donors (Lipinski definition) is 2. The van der Waals surface area contributed by atoms with Crippen LogP contribution in [0.15, 0.2) is 42.5 Å². The van der Waals surface area contributed by atoms with E-state index in [2.05, 4.69) is 30.4 Å². The van der Waals surface area contributed by atoms with E-state index in [-0.39, 0.29) is 0 Å².